The Kier molecular flexibility index (Phi) is 8.21. The Hall–Kier alpha value is -3.86. The highest BCUT2D eigenvalue weighted by atomic mass is 35.5. The zero-order chi connectivity index (χ0) is 25.5. The van der Waals surface area contributed by atoms with Crippen LogP contribution in [0.4, 0.5) is 25.6 Å². The first-order chi connectivity index (χ1) is 17.4. The molecule has 0 radical (unpaired) electrons. The van der Waals surface area contributed by atoms with Gasteiger partial charge in [-0.3, -0.25) is 0 Å². The van der Waals surface area contributed by atoms with Crippen molar-refractivity contribution in [3.05, 3.63) is 53.1 Å². The summed E-state index contributed by atoms with van der Waals surface area (Å²) in [6.45, 7) is 0.106. The van der Waals surface area contributed by atoms with Gasteiger partial charge in [-0.15, -0.1) is 0 Å². The maximum atomic E-state index is 13.3. The molecule has 36 heavy (non-hydrogen) atoms. The van der Waals surface area contributed by atoms with Crippen LogP contribution in [0, 0.1) is 5.82 Å². The van der Waals surface area contributed by atoms with Gasteiger partial charge in [0.15, 0.2) is 0 Å². The Morgan fingerprint density at radius 3 is 2.78 bits per heavy atom. The van der Waals surface area contributed by atoms with E-state index in [1.807, 2.05) is 0 Å². The third-order valence-electron chi connectivity index (χ3n) is 5.76. The van der Waals surface area contributed by atoms with Crippen molar-refractivity contribution in [1.29, 1.82) is 0 Å². The van der Waals surface area contributed by atoms with Crippen LogP contribution in [-0.2, 0) is 6.54 Å². The molecule has 10 nitrogen and oxygen atoms in total. The molecule has 1 aliphatic carbocycles. The van der Waals surface area contributed by atoms with E-state index in [1.54, 1.807) is 12.3 Å². The molecular weight excluding hydrogens is 489 g/mol. The molecule has 0 unspecified atom stereocenters. The van der Waals surface area contributed by atoms with Gasteiger partial charge in [-0.25, -0.2) is 23.9 Å². The van der Waals surface area contributed by atoms with Crippen molar-refractivity contribution >= 4 is 35.4 Å². The molecule has 0 spiro atoms. The van der Waals surface area contributed by atoms with E-state index in [0.717, 1.165) is 25.7 Å². The number of aromatic nitrogens is 3. The number of nitrogens with one attached hydrogen (secondary N) is 5. The number of urea groups is 1. The average molecular weight is 516 g/mol. The summed E-state index contributed by atoms with van der Waals surface area (Å²) in [5.74, 6) is 0.0960. The SMILES string of the molecule is CNC(=O)Nc1cnc(NC2CCCCC2)nc1-c1c[nH]c(OC(=O)NCc2ccc(F)c(Cl)c2)c1. The summed E-state index contributed by atoms with van der Waals surface area (Å²) in [5, 5.41) is 11.1. The molecule has 2 aromatic heterocycles. The largest absolute Gasteiger partial charge is 0.414 e. The molecule has 1 aromatic carbocycles. The number of halogens is 2. The van der Waals surface area contributed by atoms with Crippen LogP contribution in [0.3, 0.4) is 0 Å². The number of hydrogen-bond donors (Lipinski definition) is 5. The summed E-state index contributed by atoms with van der Waals surface area (Å²) in [7, 11) is 1.51. The number of H-pyrrole nitrogens is 1. The second kappa shape index (κ2) is 11.7. The zero-order valence-corrected chi connectivity index (χ0v) is 20.4. The predicted octanol–water partition coefficient (Wildman–Crippen LogP) is 5.05. The molecule has 1 saturated carbocycles. The average Bonchev–Trinajstić information content (AvgIpc) is 3.34. The van der Waals surface area contributed by atoms with E-state index in [1.165, 1.54) is 37.9 Å². The van der Waals surface area contributed by atoms with Crippen molar-refractivity contribution in [2.75, 3.05) is 17.7 Å². The van der Waals surface area contributed by atoms with E-state index in [4.69, 9.17) is 16.3 Å². The van der Waals surface area contributed by atoms with Crippen LogP contribution < -0.4 is 26.0 Å². The van der Waals surface area contributed by atoms with Crippen LogP contribution in [-0.4, -0.2) is 40.2 Å². The van der Waals surface area contributed by atoms with Crippen molar-refractivity contribution in [2.45, 2.75) is 44.7 Å². The van der Waals surface area contributed by atoms with Gasteiger partial charge < -0.3 is 31.0 Å². The van der Waals surface area contributed by atoms with E-state index < -0.39 is 17.9 Å². The molecule has 5 N–H and O–H groups in total. The van der Waals surface area contributed by atoms with Gasteiger partial charge in [-0.05, 0) is 30.5 Å². The molecule has 1 fully saturated rings. The molecule has 0 aliphatic heterocycles. The first-order valence-corrected chi connectivity index (χ1v) is 12.0. The third kappa shape index (κ3) is 6.63. The van der Waals surface area contributed by atoms with E-state index in [2.05, 4.69) is 36.2 Å². The molecule has 12 heteroatoms. The minimum Gasteiger partial charge on any atom is -0.393 e. The summed E-state index contributed by atoms with van der Waals surface area (Å²) in [6, 6.07) is 5.65. The number of hydrogen-bond acceptors (Lipinski definition) is 6. The van der Waals surface area contributed by atoms with Crippen LogP contribution in [0.5, 0.6) is 5.88 Å². The molecule has 2 heterocycles. The first-order valence-electron chi connectivity index (χ1n) is 11.6. The van der Waals surface area contributed by atoms with E-state index >= 15 is 0 Å². The van der Waals surface area contributed by atoms with Crippen molar-refractivity contribution in [3.8, 4) is 17.1 Å². The standard InChI is InChI=1S/C24H27ClFN7O3/c1-27-23(34)32-19-13-29-22(31-16-5-3-2-4-6-16)33-21(19)15-10-20(28-12-15)36-24(35)30-11-14-7-8-18(26)17(25)9-14/h7-10,12-13,16,28H,2-6,11H2,1H3,(H,30,35)(H2,27,32,34)(H,29,31,33). The van der Waals surface area contributed by atoms with Crippen molar-refractivity contribution in [2.24, 2.45) is 0 Å². The Morgan fingerprint density at radius 2 is 2.03 bits per heavy atom. The lowest BCUT2D eigenvalue weighted by atomic mass is 9.96. The molecule has 0 bridgehead atoms. The summed E-state index contributed by atoms with van der Waals surface area (Å²) in [6.07, 6.45) is 8.11. The highest BCUT2D eigenvalue weighted by Gasteiger charge is 2.18. The van der Waals surface area contributed by atoms with Gasteiger partial charge in [0, 0.05) is 37.5 Å². The minimum absolute atomic E-state index is 0.0277. The number of amides is 3. The zero-order valence-electron chi connectivity index (χ0n) is 19.7. The summed E-state index contributed by atoms with van der Waals surface area (Å²) >= 11 is 5.77. The second-order valence-corrected chi connectivity index (χ2v) is 8.79. The molecule has 190 valence electrons. The Labute approximate surface area is 212 Å². The fourth-order valence-electron chi connectivity index (χ4n) is 3.91. The smallest absolute Gasteiger partial charge is 0.393 e. The fraction of sp³-hybridized carbons (Fsp3) is 0.333. The molecule has 0 saturated heterocycles. The normalized spacial score (nSPS) is 13.6. The molecule has 3 amide bonds. The van der Waals surface area contributed by atoms with Gasteiger partial charge in [0.1, 0.15) is 11.5 Å². The monoisotopic (exact) mass is 515 g/mol. The number of carbonyl (C=O) groups excluding carboxylic acids is 2. The van der Waals surface area contributed by atoms with Crippen LogP contribution in [0.1, 0.15) is 37.7 Å². The predicted molar refractivity (Wildman–Crippen MR) is 135 cm³/mol. The number of rotatable bonds is 7. The first kappa shape index (κ1) is 25.2. The van der Waals surface area contributed by atoms with E-state index in [0.29, 0.717) is 34.5 Å². The van der Waals surface area contributed by atoms with E-state index in [-0.39, 0.29) is 17.4 Å². The molecule has 0 atom stereocenters. The number of ether oxygens (including phenoxy) is 1. The Balaban J connectivity index is 1.46. The van der Waals surface area contributed by atoms with E-state index in [9.17, 15) is 14.0 Å². The number of nitrogens with zero attached hydrogens (tertiary/aromatic N) is 2. The van der Waals surface area contributed by atoms with Crippen LogP contribution >= 0.6 is 11.6 Å². The van der Waals surface area contributed by atoms with Crippen molar-refractivity contribution in [1.82, 2.24) is 25.6 Å². The van der Waals surface area contributed by atoms with Gasteiger partial charge in [0.25, 0.3) is 0 Å². The third-order valence-corrected chi connectivity index (χ3v) is 6.05. The Bertz CT molecular complexity index is 1230. The maximum Gasteiger partial charge on any atom is 0.414 e. The van der Waals surface area contributed by atoms with Crippen molar-refractivity contribution in [3.63, 3.8) is 0 Å². The van der Waals surface area contributed by atoms with Crippen LogP contribution in [0.15, 0.2) is 36.7 Å². The lowest BCUT2D eigenvalue weighted by Crippen LogP contribution is -2.26. The topological polar surface area (TPSA) is 133 Å². The van der Waals surface area contributed by atoms with Gasteiger partial charge in [0.2, 0.25) is 11.8 Å². The van der Waals surface area contributed by atoms with Crippen molar-refractivity contribution < 1.29 is 18.7 Å². The number of anilines is 2. The molecule has 1 aliphatic rings. The molecule has 4 rings (SSSR count). The molecule has 3 aromatic rings. The van der Waals surface area contributed by atoms with Gasteiger partial charge in [-0.1, -0.05) is 36.9 Å². The van der Waals surface area contributed by atoms with Crippen LogP contribution in [0.25, 0.3) is 11.3 Å². The summed E-state index contributed by atoms with van der Waals surface area (Å²) in [4.78, 5) is 36.1. The Morgan fingerprint density at radius 1 is 1.22 bits per heavy atom. The lowest BCUT2D eigenvalue weighted by Gasteiger charge is -2.23. The number of benzene rings is 1. The highest BCUT2D eigenvalue weighted by Crippen LogP contribution is 2.30. The van der Waals surface area contributed by atoms with Gasteiger partial charge in [-0.2, -0.15) is 0 Å². The summed E-state index contributed by atoms with van der Waals surface area (Å²) in [5.41, 5.74) is 2.06. The number of aromatic amines is 1. The van der Waals surface area contributed by atoms with Crippen LogP contribution in [0.2, 0.25) is 5.02 Å². The minimum atomic E-state index is -0.713. The number of carbonyl (C=O) groups is 2. The molecular formula is C24H27ClFN7O3. The lowest BCUT2D eigenvalue weighted by molar-refractivity contribution is 0.198. The second-order valence-electron chi connectivity index (χ2n) is 8.38. The quantitative estimate of drug-likeness (QED) is 0.299. The maximum absolute atomic E-state index is 13.3. The van der Waals surface area contributed by atoms with Gasteiger partial charge >= 0.3 is 12.1 Å². The fourth-order valence-corrected chi connectivity index (χ4v) is 4.11. The summed E-state index contributed by atoms with van der Waals surface area (Å²) < 4.78 is 18.6. The van der Waals surface area contributed by atoms with Gasteiger partial charge in [0.05, 0.1) is 16.9 Å². The highest BCUT2D eigenvalue weighted by molar-refractivity contribution is 6.30.